The number of nitrogens with two attached hydrogens (primary N) is 1. The van der Waals surface area contributed by atoms with Crippen LogP contribution in [0.25, 0.3) is 0 Å². The largest absolute Gasteiger partial charge is 0.394 e. The first-order valence-electron chi connectivity index (χ1n) is 5.99. The highest BCUT2D eigenvalue weighted by Crippen LogP contribution is 2.09. The summed E-state index contributed by atoms with van der Waals surface area (Å²) >= 11 is 0. The zero-order valence-corrected chi connectivity index (χ0v) is 11.1. The first-order chi connectivity index (χ1) is 7.94. The minimum atomic E-state index is -0.454. The van der Waals surface area contributed by atoms with Gasteiger partial charge in [-0.15, -0.1) is 0 Å². The van der Waals surface area contributed by atoms with Crippen LogP contribution in [-0.2, 0) is 13.6 Å². The van der Waals surface area contributed by atoms with Crippen LogP contribution in [0.2, 0.25) is 0 Å². The maximum Gasteiger partial charge on any atom is 0.122 e. The fourth-order valence-electron chi connectivity index (χ4n) is 1.70. The predicted molar refractivity (Wildman–Crippen MR) is 68.5 cm³/mol. The minimum absolute atomic E-state index is 0.0378. The predicted octanol–water partition coefficient (Wildman–Crippen LogP) is 0.342. The molecule has 1 aromatic heterocycles. The summed E-state index contributed by atoms with van der Waals surface area (Å²) in [6, 6.07) is 0. The molecular weight excluding hydrogens is 216 g/mol. The van der Waals surface area contributed by atoms with E-state index in [-0.39, 0.29) is 6.61 Å². The van der Waals surface area contributed by atoms with Gasteiger partial charge in [-0.25, -0.2) is 4.98 Å². The number of rotatable bonds is 7. The quantitative estimate of drug-likeness (QED) is 0.721. The Balaban J connectivity index is 2.27. The number of aliphatic hydroxyl groups excluding tert-OH is 1. The van der Waals surface area contributed by atoms with Gasteiger partial charge < -0.3 is 15.4 Å². The maximum absolute atomic E-state index is 9.05. The van der Waals surface area contributed by atoms with Crippen molar-refractivity contribution in [3.63, 3.8) is 0 Å². The number of nitrogens with zero attached hydrogens (tertiary/aromatic N) is 3. The smallest absolute Gasteiger partial charge is 0.122 e. The Hall–Kier alpha value is -0.910. The van der Waals surface area contributed by atoms with Gasteiger partial charge in [-0.05, 0) is 33.4 Å². The molecule has 0 aromatic carbocycles. The van der Waals surface area contributed by atoms with Crippen molar-refractivity contribution in [2.45, 2.75) is 31.8 Å². The van der Waals surface area contributed by atoms with E-state index in [4.69, 9.17) is 10.8 Å². The molecule has 1 atom stereocenters. The lowest BCUT2D eigenvalue weighted by molar-refractivity contribution is 0.191. The summed E-state index contributed by atoms with van der Waals surface area (Å²) in [7, 11) is 4.07. The van der Waals surface area contributed by atoms with E-state index in [1.165, 1.54) is 0 Å². The molecule has 0 saturated carbocycles. The third kappa shape index (κ3) is 4.85. The summed E-state index contributed by atoms with van der Waals surface area (Å²) < 4.78 is 2.03. The number of hydrogen-bond donors (Lipinski definition) is 2. The monoisotopic (exact) mass is 240 g/mol. The summed E-state index contributed by atoms with van der Waals surface area (Å²) in [5.41, 5.74) is 5.42. The van der Waals surface area contributed by atoms with E-state index in [0.29, 0.717) is 0 Å². The highest BCUT2D eigenvalue weighted by molar-refractivity contribution is 4.90. The number of aliphatic hydroxyl groups is 1. The fraction of sp³-hybridized carbons (Fsp3) is 0.750. The molecule has 1 heterocycles. The molecule has 0 spiro atoms. The second kappa shape index (κ2) is 6.14. The molecule has 0 aliphatic heterocycles. The van der Waals surface area contributed by atoms with Crippen LogP contribution in [0.3, 0.4) is 0 Å². The molecule has 0 amide bonds. The zero-order valence-electron chi connectivity index (χ0n) is 11.1. The van der Waals surface area contributed by atoms with Gasteiger partial charge in [-0.2, -0.15) is 0 Å². The molecule has 0 bridgehead atoms. The number of imidazole rings is 1. The highest BCUT2D eigenvalue weighted by Gasteiger charge is 2.16. The van der Waals surface area contributed by atoms with Crippen molar-refractivity contribution in [1.29, 1.82) is 0 Å². The molecule has 0 saturated heterocycles. The van der Waals surface area contributed by atoms with Crippen LogP contribution in [0.1, 0.15) is 25.6 Å². The average molecular weight is 240 g/mol. The summed E-state index contributed by atoms with van der Waals surface area (Å²) in [6.45, 7) is 3.71. The molecule has 0 fully saturated rings. The molecule has 1 unspecified atom stereocenters. The van der Waals surface area contributed by atoms with E-state index >= 15 is 0 Å². The Kier molecular flexibility index (Phi) is 5.11. The Morgan fingerprint density at radius 2 is 2.29 bits per heavy atom. The second-order valence-corrected chi connectivity index (χ2v) is 5.11. The van der Waals surface area contributed by atoms with Crippen molar-refractivity contribution in [2.24, 2.45) is 12.8 Å². The molecule has 1 rings (SSSR count). The van der Waals surface area contributed by atoms with Crippen molar-refractivity contribution in [3.05, 3.63) is 18.2 Å². The van der Waals surface area contributed by atoms with Gasteiger partial charge in [0.2, 0.25) is 0 Å². The standard InChI is InChI=1S/C12H24N4O/c1-12(13,10-17)5-4-7-15(2)9-11-14-6-8-16(11)3/h6,8,17H,4-5,7,9-10,13H2,1-3H3. The van der Waals surface area contributed by atoms with E-state index < -0.39 is 5.54 Å². The van der Waals surface area contributed by atoms with Crippen LogP contribution in [0.15, 0.2) is 12.4 Å². The Morgan fingerprint density at radius 1 is 1.59 bits per heavy atom. The van der Waals surface area contributed by atoms with Crippen LogP contribution < -0.4 is 5.73 Å². The fourth-order valence-corrected chi connectivity index (χ4v) is 1.70. The molecule has 5 heteroatoms. The number of hydrogen-bond acceptors (Lipinski definition) is 4. The first kappa shape index (κ1) is 14.2. The first-order valence-corrected chi connectivity index (χ1v) is 5.99. The third-order valence-electron chi connectivity index (χ3n) is 2.98. The van der Waals surface area contributed by atoms with Gasteiger partial charge >= 0.3 is 0 Å². The van der Waals surface area contributed by atoms with Gasteiger partial charge in [-0.3, -0.25) is 4.90 Å². The van der Waals surface area contributed by atoms with Gasteiger partial charge in [0.25, 0.3) is 0 Å². The van der Waals surface area contributed by atoms with Crippen LogP contribution in [-0.4, -0.2) is 45.3 Å². The van der Waals surface area contributed by atoms with Gasteiger partial charge in [0.05, 0.1) is 13.2 Å². The molecule has 3 N–H and O–H groups in total. The van der Waals surface area contributed by atoms with Crippen LogP contribution in [0.5, 0.6) is 0 Å². The van der Waals surface area contributed by atoms with Gasteiger partial charge in [0.1, 0.15) is 5.82 Å². The lowest BCUT2D eigenvalue weighted by Gasteiger charge is -2.23. The topological polar surface area (TPSA) is 67.3 Å². The lowest BCUT2D eigenvalue weighted by Crippen LogP contribution is -2.40. The van der Waals surface area contributed by atoms with E-state index in [1.54, 1.807) is 0 Å². The SMILES string of the molecule is CN(CCCC(C)(N)CO)Cc1nccn1C. The summed E-state index contributed by atoms with van der Waals surface area (Å²) in [5.74, 6) is 1.06. The van der Waals surface area contributed by atoms with Crippen LogP contribution in [0.4, 0.5) is 0 Å². The number of aryl methyl sites for hydroxylation is 1. The Bertz CT molecular complexity index is 335. The molecule has 0 aliphatic rings. The molecule has 5 nitrogen and oxygen atoms in total. The molecule has 17 heavy (non-hydrogen) atoms. The highest BCUT2D eigenvalue weighted by atomic mass is 16.3. The zero-order chi connectivity index (χ0) is 12.9. The van der Waals surface area contributed by atoms with Crippen molar-refractivity contribution in [3.8, 4) is 0 Å². The van der Waals surface area contributed by atoms with E-state index in [1.807, 2.05) is 30.9 Å². The average Bonchev–Trinajstić information content (AvgIpc) is 2.64. The second-order valence-electron chi connectivity index (χ2n) is 5.11. The summed E-state index contributed by atoms with van der Waals surface area (Å²) in [6.07, 6.45) is 5.57. The van der Waals surface area contributed by atoms with Crippen molar-refractivity contribution < 1.29 is 5.11 Å². The van der Waals surface area contributed by atoms with Crippen LogP contribution in [0, 0.1) is 0 Å². The molecular formula is C12H24N4O. The lowest BCUT2D eigenvalue weighted by atomic mass is 9.98. The molecule has 0 aliphatic carbocycles. The molecule has 0 radical (unpaired) electrons. The maximum atomic E-state index is 9.05. The Morgan fingerprint density at radius 3 is 2.82 bits per heavy atom. The third-order valence-corrected chi connectivity index (χ3v) is 2.98. The van der Waals surface area contributed by atoms with Crippen molar-refractivity contribution >= 4 is 0 Å². The van der Waals surface area contributed by atoms with E-state index in [9.17, 15) is 0 Å². The number of aromatic nitrogens is 2. The Labute approximate surface area is 103 Å². The molecule has 1 aromatic rings. The summed E-state index contributed by atoms with van der Waals surface area (Å²) in [5, 5.41) is 9.05. The van der Waals surface area contributed by atoms with Crippen LogP contribution >= 0.6 is 0 Å². The van der Waals surface area contributed by atoms with Gasteiger partial charge in [-0.1, -0.05) is 0 Å². The normalized spacial score (nSPS) is 15.2. The minimum Gasteiger partial charge on any atom is -0.394 e. The van der Waals surface area contributed by atoms with Gasteiger partial charge in [0.15, 0.2) is 0 Å². The van der Waals surface area contributed by atoms with Crippen molar-refractivity contribution in [1.82, 2.24) is 14.5 Å². The molecule has 98 valence electrons. The van der Waals surface area contributed by atoms with E-state index in [0.717, 1.165) is 31.8 Å². The van der Waals surface area contributed by atoms with E-state index in [2.05, 4.69) is 16.9 Å². The van der Waals surface area contributed by atoms with Gasteiger partial charge in [0, 0.05) is 25.0 Å². The summed E-state index contributed by atoms with van der Waals surface area (Å²) in [4.78, 5) is 6.50. The van der Waals surface area contributed by atoms with Crippen molar-refractivity contribution in [2.75, 3.05) is 20.2 Å².